The number of hydrogen-bond donors (Lipinski definition) is 2. The summed E-state index contributed by atoms with van der Waals surface area (Å²) >= 11 is 0. The molecule has 0 spiro atoms. The number of carbonyl (C=O) groups is 1. The van der Waals surface area contributed by atoms with Crippen molar-refractivity contribution >= 4 is 5.91 Å². The van der Waals surface area contributed by atoms with E-state index in [4.69, 9.17) is 0 Å². The van der Waals surface area contributed by atoms with Crippen molar-refractivity contribution in [2.75, 3.05) is 0 Å². The van der Waals surface area contributed by atoms with Gasteiger partial charge in [0.25, 0.3) is 5.91 Å². The van der Waals surface area contributed by atoms with Crippen molar-refractivity contribution in [1.29, 1.82) is 0 Å². The summed E-state index contributed by atoms with van der Waals surface area (Å²) in [4.78, 5) is 16.4. The third-order valence-corrected chi connectivity index (χ3v) is 3.40. The normalized spacial score (nSPS) is 12.1. The number of nitrogens with one attached hydrogen (secondary N) is 2. The molecule has 2 N–H and O–H groups in total. The Morgan fingerprint density at radius 1 is 1.27 bits per heavy atom. The van der Waals surface area contributed by atoms with E-state index in [-0.39, 0.29) is 11.9 Å². The van der Waals surface area contributed by atoms with Crippen LogP contribution < -0.4 is 5.32 Å². The third-order valence-electron chi connectivity index (χ3n) is 3.40. The number of H-pyrrole nitrogens is 1. The lowest BCUT2D eigenvalue weighted by molar-refractivity contribution is 0.0935. The maximum atomic E-state index is 12.2. The second-order valence-corrected chi connectivity index (χ2v) is 5.06. The average Bonchev–Trinajstić information content (AvgIpc) is 3.18. The number of aryl methyl sites for hydroxylation is 1. The molecular weight excluding hydrogens is 280 g/mol. The van der Waals surface area contributed by atoms with Crippen LogP contribution in [0.1, 0.15) is 29.0 Å². The predicted octanol–water partition coefficient (Wildman–Crippen LogP) is 1.70. The summed E-state index contributed by atoms with van der Waals surface area (Å²) in [5.74, 6) is -0.213. The molecule has 3 aromatic heterocycles. The molecule has 0 radical (unpaired) electrons. The van der Waals surface area contributed by atoms with E-state index in [1.54, 1.807) is 35.5 Å². The maximum Gasteiger partial charge on any atom is 0.270 e. The molecule has 0 saturated heterocycles. The van der Waals surface area contributed by atoms with E-state index in [0.29, 0.717) is 5.69 Å². The molecule has 3 rings (SSSR count). The standard InChI is InChI=1S/C15H16N6O/c1-10(13-8-19-21(2)9-13)20-15(22)14-4-3-11(5-16-14)12-6-17-18-7-12/h3-10H,1-2H3,(H,17,18)(H,20,22). The Morgan fingerprint density at radius 3 is 2.73 bits per heavy atom. The van der Waals surface area contributed by atoms with Crippen molar-refractivity contribution in [2.45, 2.75) is 13.0 Å². The fourth-order valence-electron chi connectivity index (χ4n) is 2.13. The molecule has 7 nitrogen and oxygen atoms in total. The zero-order valence-corrected chi connectivity index (χ0v) is 12.3. The van der Waals surface area contributed by atoms with Crippen LogP contribution in [0.15, 0.2) is 43.1 Å². The van der Waals surface area contributed by atoms with Crippen LogP contribution in [0.2, 0.25) is 0 Å². The SMILES string of the molecule is CC(NC(=O)c1ccc(-c2cn[nH]c2)cn1)c1cnn(C)c1. The van der Waals surface area contributed by atoms with Crippen molar-refractivity contribution in [1.82, 2.24) is 30.3 Å². The van der Waals surface area contributed by atoms with E-state index in [2.05, 4.69) is 25.6 Å². The number of rotatable bonds is 4. The molecule has 0 aromatic carbocycles. The van der Waals surface area contributed by atoms with E-state index in [1.807, 2.05) is 26.2 Å². The maximum absolute atomic E-state index is 12.2. The molecule has 3 heterocycles. The Balaban J connectivity index is 1.70. The van der Waals surface area contributed by atoms with Crippen LogP contribution in [-0.2, 0) is 7.05 Å². The number of amides is 1. The lowest BCUT2D eigenvalue weighted by Crippen LogP contribution is -2.27. The molecule has 0 aliphatic carbocycles. The van der Waals surface area contributed by atoms with Crippen molar-refractivity contribution in [2.24, 2.45) is 7.05 Å². The van der Waals surface area contributed by atoms with Gasteiger partial charge >= 0.3 is 0 Å². The van der Waals surface area contributed by atoms with Crippen LogP contribution in [0.5, 0.6) is 0 Å². The van der Waals surface area contributed by atoms with Gasteiger partial charge < -0.3 is 5.32 Å². The van der Waals surface area contributed by atoms with Crippen LogP contribution in [0.3, 0.4) is 0 Å². The minimum atomic E-state index is -0.213. The molecule has 1 atom stereocenters. The van der Waals surface area contributed by atoms with Gasteiger partial charge in [-0.2, -0.15) is 10.2 Å². The van der Waals surface area contributed by atoms with E-state index >= 15 is 0 Å². The van der Waals surface area contributed by atoms with Crippen molar-refractivity contribution in [3.8, 4) is 11.1 Å². The van der Waals surface area contributed by atoms with Crippen LogP contribution >= 0.6 is 0 Å². The van der Waals surface area contributed by atoms with Gasteiger partial charge in [0, 0.05) is 42.3 Å². The summed E-state index contributed by atoms with van der Waals surface area (Å²) in [5.41, 5.74) is 3.17. The smallest absolute Gasteiger partial charge is 0.270 e. The molecule has 0 saturated carbocycles. The molecule has 7 heteroatoms. The van der Waals surface area contributed by atoms with Gasteiger partial charge in [-0.1, -0.05) is 6.07 Å². The zero-order chi connectivity index (χ0) is 15.5. The quantitative estimate of drug-likeness (QED) is 0.767. The highest BCUT2D eigenvalue weighted by Crippen LogP contribution is 2.17. The van der Waals surface area contributed by atoms with Crippen molar-refractivity contribution < 1.29 is 4.79 Å². The van der Waals surface area contributed by atoms with Crippen LogP contribution in [-0.4, -0.2) is 30.9 Å². The Bertz CT molecular complexity index is 760. The van der Waals surface area contributed by atoms with E-state index in [9.17, 15) is 4.79 Å². The fourth-order valence-corrected chi connectivity index (χ4v) is 2.13. The highest BCUT2D eigenvalue weighted by molar-refractivity contribution is 5.92. The van der Waals surface area contributed by atoms with Gasteiger partial charge in [-0.25, -0.2) is 0 Å². The highest BCUT2D eigenvalue weighted by atomic mass is 16.1. The Morgan fingerprint density at radius 2 is 2.14 bits per heavy atom. The monoisotopic (exact) mass is 296 g/mol. The van der Waals surface area contributed by atoms with Crippen LogP contribution in [0, 0.1) is 0 Å². The summed E-state index contributed by atoms with van der Waals surface area (Å²) < 4.78 is 1.70. The Hall–Kier alpha value is -2.96. The summed E-state index contributed by atoms with van der Waals surface area (Å²) in [7, 11) is 1.84. The first-order chi connectivity index (χ1) is 10.6. The van der Waals surface area contributed by atoms with E-state index in [0.717, 1.165) is 16.7 Å². The minimum absolute atomic E-state index is 0.128. The van der Waals surface area contributed by atoms with Crippen LogP contribution in [0.4, 0.5) is 0 Å². The van der Waals surface area contributed by atoms with E-state index in [1.165, 1.54) is 0 Å². The summed E-state index contributed by atoms with van der Waals surface area (Å²) in [6.45, 7) is 1.91. The first-order valence-electron chi connectivity index (χ1n) is 6.88. The molecule has 0 fully saturated rings. The molecule has 1 unspecified atom stereocenters. The first-order valence-corrected chi connectivity index (χ1v) is 6.88. The summed E-state index contributed by atoms with van der Waals surface area (Å²) in [6, 6.07) is 3.42. The number of aromatic nitrogens is 5. The largest absolute Gasteiger partial charge is 0.344 e. The van der Waals surface area contributed by atoms with Gasteiger partial charge in [0.05, 0.1) is 18.4 Å². The molecule has 3 aromatic rings. The third kappa shape index (κ3) is 2.88. The topological polar surface area (TPSA) is 88.5 Å². The Kier molecular flexibility index (Phi) is 3.69. The second-order valence-electron chi connectivity index (χ2n) is 5.06. The Labute approximate surface area is 127 Å². The zero-order valence-electron chi connectivity index (χ0n) is 12.3. The van der Waals surface area contributed by atoms with Gasteiger partial charge in [0.15, 0.2) is 0 Å². The molecule has 0 aliphatic heterocycles. The second kappa shape index (κ2) is 5.80. The average molecular weight is 296 g/mol. The fraction of sp³-hybridized carbons (Fsp3) is 0.200. The highest BCUT2D eigenvalue weighted by Gasteiger charge is 2.14. The van der Waals surface area contributed by atoms with Crippen LogP contribution in [0.25, 0.3) is 11.1 Å². The van der Waals surface area contributed by atoms with Crippen molar-refractivity contribution in [3.63, 3.8) is 0 Å². The first kappa shape index (κ1) is 14.0. The van der Waals surface area contributed by atoms with Gasteiger partial charge in [-0.15, -0.1) is 0 Å². The summed E-state index contributed by atoms with van der Waals surface area (Å²) in [6.07, 6.45) is 8.76. The molecule has 112 valence electrons. The van der Waals surface area contributed by atoms with Crippen molar-refractivity contribution in [3.05, 3.63) is 54.4 Å². The van der Waals surface area contributed by atoms with Gasteiger partial charge in [0.2, 0.25) is 0 Å². The minimum Gasteiger partial charge on any atom is -0.344 e. The number of pyridine rings is 1. The molecule has 22 heavy (non-hydrogen) atoms. The van der Waals surface area contributed by atoms with Gasteiger partial charge in [-0.05, 0) is 13.0 Å². The van der Waals surface area contributed by atoms with E-state index < -0.39 is 0 Å². The lowest BCUT2D eigenvalue weighted by Gasteiger charge is -2.11. The molecule has 0 aliphatic rings. The molecule has 1 amide bonds. The number of hydrogen-bond acceptors (Lipinski definition) is 4. The van der Waals surface area contributed by atoms with Gasteiger partial charge in [-0.3, -0.25) is 19.6 Å². The molecule has 0 bridgehead atoms. The number of carbonyl (C=O) groups excluding carboxylic acids is 1. The van der Waals surface area contributed by atoms with Gasteiger partial charge in [0.1, 0.15) is 5.69 Å². The summed E-state index contributed by atoms with van der Waals surface area (Å²) in [5, 5.41) is 13.6. The lowest BCUT2D eigenvalue weighted by atomic mass is 10.1. The number of nitrogens with zero attached hydrogens (tertiary/aromatic N) is 4. The predicted molar refractivity (Wildman–Crippen MR) is 80.9 cm³/mol. The molecular formula is C15H16N6O. The number of aromatic amines is 1.